The summed E-state index contributed by atoms with van der Waals surface area (Å²) < 4.78 is 0. The number of hydrogen-bond donors (Lipinski definition) is 0. The third-order valence-corrected chi connectivity index (χ3v) is 13.6. The average molecular weight is 770 g/mol. The first-order valence-corrected chi connectivity index (χ1v) is 21.5. The fraction of sp³-hybridized carbons (Fsp3) is 0.119. The molecule has 1 nitrogen and oxygen atoms in total. The van der Waals surface area contributed by atoms with Crippen LogP contribution in [0.5, 0.6) is 0 Å². The van der Waals surface area contributed by atoms with Gasteiger partial charge in [0.2, 0.25) is 0 Å². The van der Waals surface area contributed by atoms with E-state index in [-0.39, 0.29) is 5.41 Å². The van der Waals surface area contributed by atoms with Gasteiger partial charge in [-0.05, 0) is 133 Å². The topological polar surface area (TPSA) is 3.24 Å². The van der Waals surface area contributed by atoms with E-state index in [0.717, 1.165) is 17.8 Å². The van der Waals surface area contributed by atoms with Gasteiger partial charge in [0.1, 0.15) is 0 Å². The van der Waals surface area contributed by atoms with E-state index in [0.29, 0.717) is 0 Å². The van der Waals surface area contributed by atoms with E-state index >= 15 is 0 Å². The minimum absolute atomic E-state index is 0.132. The van der Waals surface area contributed by atoms with Crippen molar-refractivity contribution in [1.29, 1.82) is 0 Å². The third kappa shape index (κ3) is 5.12. The van der Waals surface area contributed by atoms with Crippen LogP contribution in [0.1, 0.15) is 67.5 Å². The summed E-state index contributed by atoms with van der Waals surface area (Å²) in [6.07, 6.45) is 5.78. The predicted octanol–water partition coefficient (Wildman–Crippen LogP) is 15.9. The van der Waals surface area contributed by atoms with E-state index in [1.54, 1.807) is 0 Å². The van der Waals surface area contributed by atoms with Gasteiger partial charge in [-0.25, -0.2) is 0 Å². The summed E-state index contributed by atoms with van der Waals surface area (Å²) in [4.78, 5) is 2.53. The molecular weight excluding hydrogens is 723 g/mol. The van der Waals surface area contributed by atoms with Crippen LogP contribution in [0.15, 0.2) is 206 Å². The summed E-state index contributed by atoms with van der Waals surface area (Å²) in [7, 11) is 0. The van der Waals surface area contributed by atoms with Crippen molar-refractivity contribution in [3.63, 3.8) is 0 Å². The minimum atomic E-state index is -0.482. The number of benzene rings is 8. The highest BCUT2D eigenvalue weighted by atomic mass is 15.1. The normalized spacial score (nSPS) is 17.7. The highest BCUT2D eigenvalue weighted by molar-refractivity contribution is 6.04. The van der Waals surface area contributed by atoms with Gasteiger partial charge >= 0.3 is 0 Å². The molecule has 8 aromatic carbocycles. The largest absolute Gasteiger partial charge is 0.310 e. The lowest BCUT2D eigenvalue weighted by atomic mass is 9.69. The molecule has 0 fully saturated rings. The Hall–Kier alpha value is -6.96. The van der Waals surface area contributed by atoms with Gasteiger partial charge < -0.3 is 4.90 Å². The van der Waals surface area contributed by atoms with Crippen molar-refractivity contribution in [2.24, 2.45) is 0 Å². The second-order valence-electron chi connectivity index (χ2n) is 17.0. The van der Waals surface area contributed by atoms with Gasteiger partial charge in [-0.1, -0.05) is 185 Å². The number of allylic oxidation sites excluding steroid dienone is 4. The van der Waals surface area contributed by atoms with Crippen LogP contribution in [0.25, 0.3) is 50.1 Å². The van der Waals surface area contributed by atoms with Crippen molar-refractivity contribution in [3.8, 4) is 44.5 Å². The third-order valence-electron chi connectivity index (χ3n) is 13.6. The van der Waals surface area contributed by atoms with Crippen LogP contribution in [0.2, 0.25) is 0 Å². The minimum Gasteiger partial charge on any atom is -0.310 e. The van der Waals surface area contributed by atoms with Crippen molar-refractivity contribution < 1.29 is 0 Å². The predicted molar refractivity (Wildman–Crippen MR) is 253 cm³/mol. The highest BCUT2D eigenvalue weighted by Gasteiger charge is 2.54. The Morgan fingerprint density at radius 3 is 1.73 bits per heavy atom. The first-order valence-electron chi connectivity index (χ1n) is 21.5. The molecule has 1 atom stereocenters. The van der Waals surface area contributed by atoms with Gasteiger partial charge in [-0.15, -0.1) is 0 Å². The summed E-state index contributed by atoms with van der Waals surface area (Å²) >= 11 is 0. The molecule has 0 amide bonds. The van der Waals surface area contributed by atoms with Gasteiger partial charge in [0.25, 0.3) is 0 Å². The van der Waals surface area contributed by atoms with Crippen LogP contribution < -0.4 is 4.90 Å². The van der Waals surface area contributed by atoms with Crippen molar-refractivity contribution in [3.05, 3.63) is 239 Å². The summed E-state index contributed by atoms with van der Waals surface area (Å²) in [5.41, 5.74) is 23.8. The lowest BCUT2D eigenvalue weighted by Crippen LogP contribution is -2.26. The SMILES string of the molecule is C/C=C1\C(=C/CC)C2(c3cc(-c4ccccc4)ccc31)c1ccccc1-c1c(N(c3ccc(-c4ccccc4)cc3)c3ccc4c(c3)C(C)(C)c3ccccc3-4)cccc12. The van der Waals surface area contributed by atoms with E-state index in [4.69, 9.17) is 0 Å². The monoisotopic (exact) mass is 769 g/mol. The molecule has 0 radical (unpaired) electrons. The maximum atomic E-state index is 2.53. The molecule has 3 aliphatic carbocycles. The fourth-order valence-corrected chi connectivity index (χ4v) is 10.9. The molecular formula is C59H47N. The first kappa shape index (κ1) is 36.1. The van der Waals surface area contributed by atoms with Crippen LogP contribution in [0.4, 0.5) is 17.1 Å². The lowest BCUT2D eigenvalue weighted by Gasteiger charge is -2.33. The van der Waals surface area contributed by atoms with Crippen LogP contribution in [-0.2, 0) is 10.8 Å². The van der Waals surface area contributed by atoms with Crippen molar-refractivity contribution in [2.45, 2.75) is 44.9 Å². The molecule has 3 aliphatic rings. The molecule has 0 bridgehead atoms. The molecule has 1 heteroatoms. The van der Waals surface area contributed by atoms with Crippen LogP contribution in [0.3, 0.4) is 0 Å². The smallest absolute Gasteiger partial charge is 0.0723 e. The quantitative estimate of drug-likeness (QED) is 0.163. The van der Waals surface area contributed by atoms with Gasteiger partial charge in [0.05, 0.1) is 11.1 Å². The maximum Gasteiger partial charge on any atom is 0.0723 e. The zero-order valence-electron chi connectivity index (χ0n) is 34.7. The Morgan fingerprint density at radius 2 is 1.02 bits per heavy atom. The number of fused-ring (bicyclic) bond motifs is 10. The molecule has 11 rings (SSSR count). The van der Waals surface area contributed by atoms with E-state index in [1.165, 1.54) is 94.7 Å². The maximum absolute atomic E-state index is 2.53. The number of anilines is 3. The second-order valence-corrected chi connectivity index (χ2v) is 17.0. The molecule has 8 aromatic rings. The molecule has 0 aromatic heterocycles. The zero-order valence-corrected chi connectivity index (χ0v) is 34.7. The van der Waals surface area contributed by atoms with Crippen LogP contribution in [-0.4, -0.2) is 0 Å². The highest BCUT2D eigenvalue weighted by Crippen LogP contribution is 2.66. The number of nitrogens with zero attached hydrogens (tertiary/aromatic N) is 1. The zero-order chi connectivity index (χ0) is 40.6. The average Bonchev–Trinajstić information content (AvgIpc) is 3.85. The summed E-state index contributed by atoms with van der Waals surface area (Å²) in [6.45, 7) is 9.24. The van der Waals surface area contributed by atoms with Crippen LogP contribution in [0, 0.1) is 0 Å². The van der Waals surface area contributed by atoms with Gasteiger partial charge in [-0.2, -0.15) is 0 Å². The molecule has 60 heavy (non-hydrogen) atoms. The molecule has 0 saturated carbocycles. The summed E-state index contributed by atoms with van der Waals surface area (Å²) in [6, 6.07) is 70.3. The molecule has 1 unspecified atom stereocenters. The number of hydrogen-bond acceptors (Lipinski definition) is 1. The molecule has 0 heterocycles. The standard InChI is InChI=1S/C59H47N/c1-5-18-51-45(6-2)47-35-31-42(40-21-11-8-12-22-40)37-55(47)59(51)52-26-16-14-24-49(52)57-53(59)27-17-28-56(57)60(43-32-29-41(30-33-43)39-19-9-7-10-20-39)44-34-36-48-46-23-13-15-25-50(46)58(3,4)54(48)38-44/h6-38H,5H2,1-4H3/b45-6-,51-18+. The van der Waals surface area contributed by atoms with E-state index < -0.39 is 5.41 Å². The Bertz CT molecular complexity index is 3040. The van der Waals surface area contributed by atoms with Crippen molar-refractivity contribution >= 4 is 22.6 Å². The van der Waals surface area contributed by atoms with E-state index in [2.05, 4.69) is 233 Å². The Labute approximate surface area is 354 Å². The fourth-order valence-electron chi connectivity index (χ4n) is 10.9. The van der Waals surface area contributed by atoms with Gasteiger partial charge in [0, 0.05) is 22.4 Å². The Kier molecular flexibility index (Phi) is 8.33. The Balaban J connectivity index is 1.19. The molecule has 0 saturated heterocycles. The molecule has 0 N–H and O–H groups in total. The molecule has 288 valence electrons. The number of rotatable bonds is 6. The van der Waals surface area contributed by atoms with Crippen LogP contribution >= 0.6 is 0 Å². The molecule has 1 spiro atoms. The van der Waals surface area contributed by atoms with E-state index in [1.807, 2.05) is 0 Å². The first-order chi connectivity index (χ1) is 29.4. The van der Waals surface area contributed by atoms with E-state index in [9.17, 15) is 0 Å². The van der Waals surface area contributed by atoms with Gasteiger partial charge in [0.15, 0.2) is 0 Å². The van der Waals surface area contributed by atoms with Crippen molar-refractivity contribution in [2.75, 3.05) is 4.90 Å². The van der Waals surface area contributed by atoms with Crippen molar-refractivity contribution in [1.82, 2.24) is 0 Å². The van der Waals surface area contributed by atoms with Gasteiger partial charge in [-0.3, -0.25) is 0 Å². The summed E-state index contributed by atoms with van der Waals surface area (Å²) in [5.74, 6) is 0. The second kappa shape index (κ2) is 13.8. The molecule has 0 aliphatic heterocycles. The summed E-state index contributed by atoms with van der Waals surface area (Å²) in [5, 5.41) is 0. The Morgan fingerprint density at radius 1 is 0.450 bits per heavy atom. The lowest BCUT2D eigenvalue weighted by molar-refractivity contribution is 0.660.